The first kappa shape index (κ1) is 27.2. The molecule has 0 aromatic heterocycles. The van der Waals surface area contributed by atoms with Crippen LogP contribution in [0.15, 0.2) is 29.3 Å². The number of aliphatic imine (C=N–C) groups is 1. The van der Waals surface area contributed by atoms with E-state index in [0.29, 0.717) is 24.6 Å². The van der Waals surface area contributed by atoms with Crippen LogP contribution in [-0.2, 0) is 11.3 Å². The fraction of sp³-hybridized carbons (Fsp3) is 0.571. The van der Waals surface area contributed by atoms with Gasteiger partial charge in [-0.2, -0.15) is 0 Å². The third kappa shape index (κ3) is 12.4. The molecule has 0 spiro atoms. The fourth-order valence-corrected chi connectivity index (χ4v) is 2.36. The van der Waals surface area contributed by atoms with Gasteiger partial charge in [-0.05, 0) is 66.2 Å². The third-order valence-electron chi connectivity index (χ3n) is 3.37. The second-order valence-corrected chi connectivity index (χ2v) is 8.75. The van der Waals surface area contributed by atoms with E-state index in [0.717, 1.165) is 5.56 Å². The second-order valence-electron chi connectivity index (χ2n) is 8.75. The Morgan fingerprint density at radius 1 is 0.966 bits per heavy atom. The van der Waals surface area contributed by atoms with Crippen molar-refractivity contribution in [2.24, 2.45) is 4.99 Å². The standard InChI is InChI=1S/C21H35N5O2.HI/c1-8-22-19(24-14-17(27)25-20(2,3)4)23-13-15-10-9-11-16(12-15)18(28)26-21(5,6)7;/h9-12H,8,13-14H2,1-7H3,(H,25,27)(H,26,28)(H2,22,23,24);1H. The van der Waals surface area contributed by atoms with Crippen LogP contribution in [0.4, 0.5) is 0 Å². The Morgan fingerprint density at radius 3 is 2.14 bits per heavy atom. The van der Waals surface area contributed by atoms with Crippen molar-refractivity contribution >= 4 is 41.8 Å². The van der Waals surface area contributed by atoms with Gasteiger partial charge < -0.3 is 21.3 Å². The molecule has 7 nitrogen and oxygen atoms in total. The predicted octanol–water partition coefficient (Wildman–Crippen LogP) is 2.80. The molecule has 1 aromatic carbocycles. The van der Waals surface area contributed by atoms with Crippen molar-refractivity contribution in [1.29, 1.82) is 0 Å². The van der Waals surface area contributed by atoms with Gasteiger partial charge in [-0.25, -0.2) is 4.99 Å². The first-order valence-corrected chi connectivity index (χ1v) is 9.64. The van der Waals surface area contributed by atoms with E-state index in [9.17, 15) is 9.59 Å². The summed E-state index contributed by atoms with van der Waals surface area (Å²) in [6.45, 7) is 14.8. The maximum absolute atomic E-state index is 12.3. The summed E-state index contributed by atoms with van der Waals surface area (Å²) in [5.41, 5.74) is 0.951. The Balaban J connectivity index is 0.00000784. The van der Waals surface area contributed by atoms with Gasteiger partial charge in [-0.1, -0.05) is 12.1 Å². The molecule has 1 rings (SSSR count). The molecule has 29 heavy (non-hydrogen) atoms. The van der Waals surface area contributed by atoms with Crippen molar-refractivity contribution in [3.8, 4) is 0 Å². The number of carbonyl (C=O) groups is 2. The van der Waals surface area contributed by atoms with E-state index in [-0.39, 0.29) is 53.4 Å². The lowest BCUT2D eigenvalue weighted by atomic mass is 10.1. The van der Waals surface area contributed by atoms with Crippen LogP contribution in [0.2, 0.25) is 0 Å². The van der Waals surface area contributed by atoms with Crippen molar-refractivity contribution in [2.45, 2.75) is 66.1 Å². The Kier molecular flexibility index (Phi) is 11.2. The number of rotatable bonds is 6. The largest absolute Gasteiger partial charge is 0.357 e. The second kappa shape index (κ2) is 12.0. The van der Waals surface area contributed by atoms with E-state index >= 15 is 0 Å². The molecule has 0 unspecified atom stereocenters. The molecule has 4 N–H and O–H groups in total. The number of halogens is 1. The molecule has 8 heteroatoms. The lowest BCUT2D eigenvalue weighted by molar-refractivity contribution is -0.121. The normalized spacial score (nSPS) is 11.9. The summed E-state index contributed by atoms with van der Waals surface area (Å²) < 4.78 is 0. The van der Waals surface area contributed by atoms with E-state index in [2.05, 4.69) is 26.3 Å². The van der Waals surface area contributed by atoms with Gasteiger partial charge in [0.15, 0.2) is 5.96 Å². The van der Waals surface area contributed by atoms with Crippen LogP contribution in [0.25, 0.3) is 0 Å². The number of guanidine groups is 1. The van der Waals surface area contributed by atoms with Crippen molar-refractivity contribution in [2.75, 3.05) is 13.1 Å². The monoisotopic (exact) mass is 517 g/mol. The number of amides is 2. The van der Waals surface area contributed by atoms with Crippen LogP contribution in [-0.4, -0.2) is 41.9 Å². The van der Waals surface area contributed by atoms with Crippen molar-refractivity contribution in [3.63, 3.8) is 0 Å². The zero-order chi connectivity index (χ0) is 21.4. The molecular formula is C21H36IN5O2. The Morgan fingerprint density at radius 2 is 1.59 bits per heavy atom. The molecule has 164 valence electrons. The number of carbonyl (C=O) groups excluding carboxylic acids is 2. The summed E-state index contributed by atoms with van der Waals surface area (Å²) in [5, 5.41) is 12.0. The van der Waals surface area contributed by atoms with Gasteiger partial charge in [0.05, 0.1) is 13.1 Å². The molecule has 2 amide bonds. The SMILES string of the molecule is CCNC(=NCc1cccc(C(=O)NC(C)(C)C)c1)NCC(=O)NC(C)(C)C.I. The molecule has 0 atom stereocenters. The summed E-state index contributed by atoms with van der Waals surface area (Å²) in [7, 11) is 0. The topological polar surface area (TPSA) is 94.6 Å². The van der Waals surface area contributed by atoms with Crippen LogP contribution >= 0.6 is 24.0 Å². The van der Waals surface area contributed by atoms with Gasteiger partial charge in [0.2, 0.25) is 5.91 Å². The Bertz CT molecular complexity index is 706. The lowest BCUT2D eigenvalue weighted by Gasteiger charge is -2.21. The highest BCUT2D eigenvalue weighted by atomic mass is 127. The average molecular weight is 517 g/mol. The maximum atomic E-state index is 12.3. The number of nitrogens with zero attached hydrogens (tertiary/aromatic N) is 1. The van der Waals surface area contributed by atoms with Gasteiger partial charge in [0, 0.05) is 23.2 Å². The van der Waals surface area contributed by atoms with Gasteiger partial charge in [0.1, 0.15) is 0 Å². The summed E-state index contributed by atoms with van der Waals surface area (Å²) in [6.07, 6.45) is 0. The molecule has 0 saturated carbocycles. The molecule has 0 fully saturated rings. The van der Waals surface area contributed by atoms with Crippen LogP contribution < -0.4 is 21.3 Å². The average Bonchev–Trinajstić information content (AvgIpc) is 2.54. The van der Waals surface area contributed by atoms with Crippen molar-refractivity contribution in [1.82, 2.24) is 21.3 Å². The van der Waals surface area contributed by atoms with Crippen LogP contribution in [0.1, 0.15) is 64.4 Å². The van der Waals surface area contributed by atoms with E-state index in [1.807, 2.05) is 66.7 Å². The van der Waals surface area contributed by atoms with Crippen LogP contribution in [0.3, 0.4) is 0 Å². The number of hydrogen-bond acceptors (Lipinski definition) is 3. The van der Waals surface area contributed by atoms with E-state index in [1.54, 1.807) is 6.07 Å². The quantitative estimate of drug-likeness (QED) is 0.265. The highest BCUT2D eigenvalue weighted by Crippen LogP contribution is 2.09. The van der Waals surface area contributed by atoms with Gasteiger partial charge in [-0.3, -0.25) is 9.59 Å². The molecule has 1 aromatic rings. The lowest BCUT2D eigenvalue weighted by Crippen LogP contribution is -2.48. The number of benzene rings is 1. The summed E-state index contributed by atoms with van der Waals surface area (Å²) in [6, 6.07) is 7.39. The molecule has 0 heterocycles. The molecule has 0 radical (unpaired) electrons. The third-order valence-corrected chi connectivity index (χ3v) is 3.37. The highest BCUT2D eigenvalue weighted by Gasteiger charge is 2.16. The summed E-state index contributed by atoms with van der Waals surface area (Å²) in [4.78, 5) is 28.8. The fourth-order valence-electron chi connectivity index (χ4n) is 2.36. The van der Waals surface area contributed by atoms with E-state index in [1.165, 1.54) is 0 Å². The summed E-state index contributed by atoms with van der Waals surface area (Å²) in [5.74, 6) is 0.345. The molecule has 0 saturated heterocycles. The maximum Gasteiger partial charge on any atom is 0.251 e. The zero-order valence-electron chi connectivity index (χ0n) is 18.6. The van der Waals surface area contributed by atoms with E-state index in [4.69, 9.17) is 0 Å². The van der Waals surface area contributed by atoms with Gasteiger partial charge >= 0.3 is 0 Å². The first-order chi connectivity index (χ1) is 12.9. The summed E-state index contributed by atoms with van der Waals surface area (Å²) >= 11 is 0. The van der Waals surface area contributed by atoms with E-state index < -0.39 is 0 Å². The smallest absolute Gasteiger partial charge is 0.251 e. The minimum Gasteiger partial charge on any atom is -0.357 e. The molecule has 0 aliphatic heterocycles. The minimum atomic E-state index is -0.291. The molecule has 0 bridgehead atoms. The Hall–Kier alpha value is -1.84. The zero-order valence-corrected chi connectivity index (χ0v) is 20.9. The molecular weight excluding hydrogens is 481 g/mol. The minimum absolute atomic E-state index is 0. The van der Waals surface area contributed by atoms with Crippen molar-refractivity contribution < 1.29 is 9.59 Å². The first-order valence-electron chi connectivity index (χ1n) is 9.64. The number of hydrogen-bond donors (Lipinski definition) is 4. The van der Waals surface area contributed by atoms with Crippen LogP contribution in [0.5, 0.6) is 0 Å². The highest BCUT2D eigenvalue weighted by molar-refractivity contribution is 14.0. The predicted molar refractivity (Wildman–Crippen MR) is 130 cm³/mol. The van der Waals surface area contributed by atoms with Crippen LogP contribution in [0, 0.1) is 0 Å². The molecule has 0 aliphatic rings. The molecule has 0 aliphatic carbocycles. The Labute approximate surface area is 191 Å². The number of nitrogens with one attached hydrogen (secondary N) is 4. The van der Waals surface area contributed by atoms with Crippen molar-refractivity contribution in [3.05, 3.63) is 35.4 Å². The van der Waals surface area contributed by atoms with Gasteiger partial charge in [0.25, 0.3) is 5.91 Å². The van der Waals surface area contributed by atoms with Gasteiger partial charge in [-0.15, -0.1) is 24.0 Å².